The van der Waals surface area contributed by atoms with E-state index in [2.05, 4.69) is 10.1 Å². The Morgan fingerprint density at radius 2 is 2.17 bits per heavy atom. The number of thiophene rings is 1. The van der Waals surface area contributed by atoms with E-state index < -0.39 is 18.1 Å². The van der Waals surface area contributed by atoms with Crippen LogP contribution in [0.3, 0.4) is 0 Å². The predicted molar refractivity (Wildman–Crippen MR) is 87.6 cm³/mol. The minimum absolute atomic E-state index is 0.0365. The summed E-state index contributed by atoms with van der Waals surface area (Å²) in [4.78, 5) is 15.3. The molecule has 0 atom stereocenters. The molecule has 6 nitrogen and oxygen atoms in total. The third-order valence-corrected chi connectivity index (χ3v) is 4.78. The molecule has 3 aromatic heterocycles. The van der Waals surface area contributed by atoms with Crippen molar-refractivity contribution in [3.05, 3.63) is 28.5 Å². The number of hydrogen-bond donors (Lipinski definition) is 2. The Labute approximate surface area is 139 Å². The van der Waals surface area contributed by atoms with Gasteiger partial charge in [-0.3, -0.25) is 4.68 Å². The minimum Gasteiger partial charge on any atom is -0.477 e. The maximum absolute atomic E-state index is 13.2. The highest BCUT2D eigenvalue weighted by atomic mass is 32.1. The number of carboxylic acid groups (broad SMARTS) is 1. The molecule has 3 N–H and O–H groups in total. The molecule has 24 heavy (non-hydrogen) atoms. The van der Waals surface area contributed by atoms with Gasteiger partial charge in [-0.25, -0.2) is 18.6 Å². The van der Waals surface area contributed by atoms with Gasteiger partial charge in [0.1, 0.15) is 15.4 Å². The maximum Gasteiger partial charge on any atom is 0.348 e. The lowest BCUT2D eigenvalue weighted by atomic mass is 10.0. The Bertz CT molecular complexity index is 949. The van der Waals surface area contributed by atoms with Crippen molar-refractivity contribution in [3.63, 3.8) is 0 Å². The number of aryl methyl sites for hydroxylation is 2. The molecule has 0 spiro atoms. The molecule has 0 amide bonds. The smallest absolute Gasteiger partial charge is 0.348 e. The van der Waals surface area contributed by atoms with Crippen molar-refractivity contribution in [2.45, 2.75) is 26.8 Å². The summed E-state index contributed by atoms with van der Waals surface area (Å²) in [6.45, 7) is 4.29. The number of hydrogen-bond acceptors (Lipinski definition) is 5. The summed E-state index contributed by atoms with van der Waals surface area (Å²) in [5.41, 5.74) is 7.29. The molecule has 0 bridgehead atoms. The van der Waals surface area contributed by atoms with Gasteiger partial charge in [-0.05, 0) is 25.5 Å². The molecule has 0 aliphatic rings. The summed E-state index contributed by atoms with van der Waals surface area (Å²) < 4.78 is 28.1. The number of rotatable bonds is 4. The van der Waals surface area contributed by atoms with Crippen molar-refractivity contribution in [3.8, 4) is 11.1 Å². The van der Waals surface area contributed by atoms with Gasteiger partial charge < -0.3 is 10.8 Å². The molecule has 0 aliphatic heterocycles. The second-order valence-electron chi connectivity index (χ2n) is 5.21. The minimum atomic E-state index is -2.77. The number of pyridine rings is 1. The quantitative estimate of drug-likeness (QED) is 0.746. The first-order chi connectivity index (χ1) is 11.3. The molecule has 3 rings (SSSR count). The highest BCUT2D eigenvalue weighted by Crippen LogP contribution is 2.41. The van der Waals surface area contributed by atoms with Gasteiger partial charge in [-0.15, -0.1) is 11.3 Å². The van der Waals surface area contributed by atoms with Crippen LogP contribution in [0, 0.1) is 6.92 Å². The number of halogens is 2. The lowest BCUT2D eigenvalue weighted by Crippen LogP contribution is -1.98. The lowest BCUT2D eigenvalue weighted by Gasteiger charge is -2.07. The van der Waals surface area contributed by atoms with Crippen molar-refractivity contribution in [2.24, 2.45) is 0 Å². The topological polar surface area (TPSA) is 94.0 Å². The Morgan fingerprint density at radius 3 is 2.71 bits per heavy atom. The summed E-state index contributed by atoms with van der Waals surface area (Å²) in [7, 11) is 0. The Hall–Kier alpha value is -2.55. The van der Waals surface area contributed by atoms with Crippen LogP contribution < -0.4 is 5.73 Å². The number of aromatic carboxylic acids is 1. The number of anilines is 1. The molecular weight excluding hydrogens is 338 g/mol. The number of nitrogens with zero attached hydrogens (tertiary/aromatic N) is 3. The van der Waals surface area contributed by atoms with Crippen LogP contribution >= 0.6 is 11.3 Å². The Balaban J connectivity index is 2.39. The summed E-state index contributed by atoms with van der Waals surface area (Å²) in [5, 5.41) is 13.9. The first kappa shape index (κ1) is 16.3. The first-order valence-electron chi connectivity index (χ1n) is 7.12. The second kappa shape index (κ2) is 5.82. The van der Waals surface area contributed by atoms with E-state index in [1.807, 2.05) is 6.92 Å². The van der Waals surface area contributed by atoms with Crippen LogP contribution in [-0.4, -0.2) is 25.8 Å². The third kappa shape index (κ3) is 2.50. The number of carboxylic acids is 1. The fourth-order valence-electron chi connectivity index (χ4n) is 2.57. The molecule has 126 valence electrons. The highest BCUT2D eigenvalue weighted by Gasteiger charge is 2.24. The second-order valence-corrected chi connectivity index (χ2v) is 6.21. The first-order valence-corrected chi connectivity index (χ1v) is 7.93. The van der Waals surface area contributed by atoms with Gasteiger partial charge in [0.25, 0.3) is 6.43 Å². The highest BCUT2D eigenvalue weighted by molar-refractivity contribution is 7.21. The number of aromatic nitrogens is 3. The maximum atomic E-state index is 13.2. The van der Waals surface area contributed by atoms with Crippen molar-refractivity contribution >= 4 is 33.2 Å². The molecule has 3 heterocycles. The van der Waals surface area contributed by atoms with Crippen LogP contribution in [0.2, 0.25) is 0 Å². The number of nitrogens with two attached hydrogens (primary N) is 1. The number of alkyl halides is 2. The molecule has 0 aliphatic carbocycles. The largest absolute Gasteiger partial charge is 0.477 e. The van der Waals surface area contributed by atoms with Gasteiger partial charge in [-0.1, -0.05) is 0 Å². The zero-order valence-electron chi connectivity index (χ0n) is 12.9. The van der Waals surface area contributed by atoms with Gasteiger partial charge in [0.05, 0.1) is 11.4 Å². The molecule has 0 aromatic carbocycles. The number of fused-ring (bicyclic) bond motifs is 1. The Morgan fingerprint density at radius 1 is 1.46 bits per heavy atom. The van der Waals surface area contributed by atoms with E-state index in [0.717, 1.165) is 11.3 Å². The van der Waals surface area contributed by atoms with E-state index in [-0.39, 0.29) is 15.4 Å². The van der Waals surface area contributed by atoms with Crippen LogP contribution in [0.25, 0.3) is 21.3 Å². The van der Waals surface area contributed by atoms with Gasteiger partial charge in [0, 0.05) is 23.7 Å². The van der Waals surface area contributed by atoms with Crippen molar-refractivity contribution in [1.82, 2.24) is 14.8 Å². The van der Waals surface area contributed by atoms with Crippen LogP contribution in [0.5, 0.6) is 0 Å². The van der Waals surface area contributed by atoms with E-state index in [0.29, 0.717) is 28.8 Å². The fraction of sp³-hybridized carbons (Fsp3) is 0.267. The third-order valence-electron chi connectivity index (χ3n) is 3.70. The molecular formula is C15H14F2N4O2S. The van der Waals surface area contributed by atoms with Crippen molar-refractivity contribution in [2.75, 3.05) is 5.73 Å². The predicted octanol–water partition coefficient (Wildman–Crippen LogP) is 3.71. The van der Waals surface area contributed by atoms with E-state index in [9.17, 15) is 18.7 Å². The summed E-state index contributed by atoms with van der Waals surface area (Å²) >= 11 is 0.795. The average Bonchev–Trinajstić information content (AvgIpc) is 3.07. The molecule has 9 heteroatoms. The van der Waals surface area contributed by atoms with E-state index >= 15 is 0 Å². The van der Waals surface area contributed by atoms with Crippen LogP contribution in [0.15, 0.2) is 12.3 Å². The number of carbonyl (C=O) groups is 1. The zero-order chi connectivity index (χ0) is 17.6. The van der Waals surface area contributed by atoms with Gasteiger partial charge in [0.15, 0.2) is 0 Å². The fourth-order valence-corrected chi connectivity index (χ4v) is 3.53. The standard InChI is InChI=1S/C15H14F2N4O2S/c1-3-21-5-8(6(2)20-21)7-4-9(13(16)17)19-14-10(7)11(18)12(24-14)15(22)23/h4-5,13H,3,18H2,1-2H3,(H,22,23). The SMILES string of the molecule is CCn1cc(-c2cc(C(F)F)nc3sc(C(=O)O)c(N)c23)c(C)n1. The summed E-state index contributed by atoms with van der Waals surface area (Å²) in [6.07, 6.45) is -1.04. The van der Waals surface area contributed by atoms with Crippen LogP contribution in [-0.2, 0) is 6.54 Å². The van der Waals surface area contributed by atoms with Gasteiger partial charge >= 0.3 is 5.97 Å². The lowest BCUT2D eigenvalue weighted by molar-refractivity contribution is 0.0703. The van der Waals surface area contributed by atoms with Crippen molar-refractivity contribution < 1.29 is 18.7 Å². The zero-order valence-corrected chi connectivity index (χ0v) is 13.7. The summed E-state index contributed by atoms with van der Waals surface area (Å²) in [6, 6.07) is 1.26. The molecule has 0 saturated heterocycles. The van der Waals surface area contributed by atoms with Crippen molar-refractivity contribution in [1.29, 1.82) is 0 Å². The molecule has 0 saturated carbocycles. The monoisotopic (exact) mass is 352 g/mol. The molecule has 0 fully saturated rings. The van der Waals surface area contributed by atoms with Gasteiger partial charge in [-0.2, -0.15) is 5.10 Å². The molecule has 3 aromatic rings. The van der Waals surface area contributed by atoms with E-state index in [1.165, 1.54) is 6.07 Å². The van der Waals surface area contributed by atoms with Crippen LogP contribution in [0.1, 0.15) is 34.4 Å². The summed E-state index contributed by atoms with van der Waals surface area (Å²) in [5.74, 6) is -1.21. The van der Waals surface area contributed by atoms with Gasteiger partial charge in [0.2, 0.25) is 0 Å². The van der Waals surface area contributed by atoms with E-state index in [4.69, 9.17) is 5.73 Å². The average molecular weight is 352 g/mol. The van der Waals surface area contributed by atoms with E-state index in [1.54, 1.807) is 17.8 Å². The number of nitrogen functional groups attached to an aromatic ring is 1. The molecule has 0 radical (unpaired) electrons. The Kier molecular flexibility index (Phi) is 3.96. The van der Waals surface area contributed by atoms with Crippen LogP contribution in [0.4, 0.5) is 14.5 Å². The molecule has 0 unspecified atom stereocenters. The normalized spacial score (nSPS) is 11.5.